The summed E-state index contributed by atoms with van der Waals surface area (Å²) >= 11 is 0. The number of aldehydes is 1. The van der Waals surface area contributed by atoms with Gasteiger partial charge in [0.15, 0.2) is 0 Å². The van der Waals surface area contributed by atoms with Gasteiger partial charge in [0, 0.05) is 5.56 Å². The quantitative estimate of drug-likeness (QED) is 0.820. The predicted octanol–water partition coefficient (Wildman–Crippen LogP) is 4.08. The maximum atomic E-state index is 10.0. The molecule has 98 valence electrons. The molecule has 0 aliphatic heterocycles. The van der Waals surface area contributed by atoms with E-state index < -0.39 is 0 Å². The van der Waals surface area contributed by atoms with Crippen molar-refractivity contribution in [2.24, 2.45) is 0 Å². The summed E-state index contributed by atoms with van der Waals surface area (Å²) in [6, 6.07) is 15.0. The van der Waals surface area contributed by atoms with Crippen LogP contribution in [-0.4, -0.2) is 11.4 Å². The highest BCUT2D eigenvalue weighted by atomic mass is 16.3. The van der Waals surface area contributed by atoms with Crippen LogP contribution in [0.15, 0.2) is 48.5 Å². The minimum absolute atomic E-state index is 0.411. The number of hydrogen-bond acceptors (Lipinski definition) is 2. The summed E-state index contributed by atoms with van der Waals surface area (Å²) in [6.07, 6.45) is 3.48. The summed E-state index contributed by atoms with van der Waals surface area (Å²) in [5, 5.41) is 9.25. The number of phenolic OH excluding ortho intramolecular Hbond substituents is 1. The third-order valence-corrected chi connectivity index (χ3v) is 3.21. The monoisotopic (exact) mass is 254 g/mol. The molecule has 1 aliphatic rings. The summed E-state index contributed by atoms with van der Waals surface area (Å²) in [5.41, 5.74) is 3.11. The van der Waals surface area contributed by atoms with E-state index in [1.807, 2.05) is 31.2 Å². The molecular formula is C17H18O2. The van der Waals surface area contributed by atoms with E-state index in [1.54, 1.807) is 18.2 Å². The fraction of sp³-hybridized carbons (Fsp3) is 0.235. The van der Waals surface area contributed by atoms with E-state index in [2.05, 4.69) is 6.07 Å². The summed E-state index contributed by atoms with van der Waals surface area (Å²) in [6.45, 7) is 1.95. The van der Waals surface area contributed by atoms with Gasteiger partial charge in [-0.1, -0.05) is 42.5 Å². The molecule has 0 amide bonds. The third kappa shape index (κ3) is 3.95. The van der Waals surface area contributed by atoms with Crippen molar-refractivity contribution >= 4 is 6.29 Å². The highest BCUT2D eigenvalue weighted by Gasteiger charge is 2.23. The van der Waals surface area contributed by atoms with Gasteiger partial charge in [-0.3, -0.25) is 4.79 Å². The first-order chi connectivity index (χ1) is 9.20. The van der Waals surface area contributed by atoms with E-state index in [4.69, 9.17) is 0 Å². The van der Waals surface area contributed by atoms with Gasteiger partial charge in [-0.15, -0.1) is 0 Å². The minimum Gasteiger partial charge on any atom is -0.508 e. The Kier molecular flexibility index (Phi) is 4.35. The zero-order valence-corrected chi connectivity index (χ0v) is 11.0. The Morgan fingerprint density at radius 2 is 1.79 bits per heavy atom. The molecule has 1 aliphatic carbocycles. The second kappa shape index (κ2) is 6.19. The van der Waals surface area contributed by atoms with Crippen molar-refractivity contribution < 1.29 is 9.90 Å². The average molecular weight is 254 g/mol. The molecule has 0 spiro atoms. The van der Waals surface area contributed by atoms with Gasteiger partial charge < -0.3 is 5.11 Å². The number of carbonyl (C=O) groups excluding carboxylic acids is 1. The molecule has 0 unspecified atom stereocenters. The van der Waals surface area contributed by atoms with Crippen molar-refractivity contribution in [2.45, 2.75) is 25.7 Å². The Balaban J connectivity index is 0.000000148. The van der Waals surface area contributed by atoms with Crippen LogP contribution in [0.3, 0.4) is 0 Å². The van der Waals surface area contributed by atoms with Crippen LogP contribution in [0.25, 0.3) is 0 Å². The summed E-state index contributed by atoms with van der Waals surface area (Å²) in [7, 11) is 0. The van der Waals surface area contributed by atoms with E-state index in [1.165, 1.54) is 18.4 Å². The highest BCUT2D eigenvalue weighted by molar-refractivity contribution is 5.74. The van der Waals surface area contributed by atoms with Gasteiger partial charge in [-0.05, 0) is 42.9 Å². The number of aryl methyl sites for hydroxylation is 1. The zero-order chi connectivity index (χ0) is 13.7. The molecule has 0 heterocycles. The summed E-state index contributed by atoms with van der Waals surface area (Å²) in [5.74, 6) is 1.20. The lowest BCUT2D eigenvalue weighted by molar-refractivity contribution is 0.112. The first kappa shape index (κ1) is 13.3. The van der Waals surface area contributed by atoms with Crippen molar-refractivity contribution in [1.29, 1.82) is 0 Å². The Hall–Kier alpha value is -2.09. The van der Waals surface area contributed by atoms with Gasteiger partial charge in [-0.25, -0.2) is 0 Å². The van der Waals surface area contributed by atoms with E-state index in [9.17, 15) is 9.90 Å². The SMILES string of the molecule is Cc1cc(C2CC2)ccc1O.O=Cc1ccccc1. The van der Waals surface area contributed by atoms with Gasteiger partial charge in [0.2, 0.25) is 0 Å². The molecule has 0 radical (unpaired) electrons. The van der Waals surface area contributed by atoms with Crippen LogP contribution >= 0.6 is 0 Å². The molecule has 0 saturated heterocycles. The number of hydrogen-bond donors (Lipinski definition) is 1. The normalized spacial score (nSPS) is 13.3. The lowest BCUT2D eigenvalue weighted by Gasteiger charge is -2.01. The second-order valence-electron chi connectivity index (χ2n) is 4.85. The van der Waals surface area contributed by atoms with Crippen molar-refractivity contribution in [3.8, 4) is 5.75 Å². The van der Waals surface area contributed by atoms with Crippen molar-refractivity contribution in [1.82, 2.24) is 0 Å². The van der Waals surface area contributed by atoms with E-state index >= 15 is 0 Å². The van der Waals surface area contributed by atoms with E-state index in [0.29, 0.717) is 5.75 Å². The fourth-order valence-electron chi connectivity index (χ4n) is 1.88. The van der Waals surface area contributed by atoms with Crippen LogP contribution < -0.4 is 0 Å². The molecule has 1 fully saturated rings. The van der Waals surface area contributed by atoms with E-state index in [0.717, 1.165) is 23.3 Å². The molecule has 3 rings (SSSR count). The van der Waals surface area contributed by atoms with Gasteiger partial charge >= 0.3 is 0 Å². The molecular weight excluding hydrogens is 236 g/mol. The Labute approximate surface area is 113 Å². The minimum atomic E-state index is 0.411. The fourth-order valence-corrected chi connectivity index (χ4v) is 1.88. The molecule has 1 N–H and O–H groups in total. The predicted molar refractivity (Wildman–Crippen MR) is 76.6 cm³/mol. The van der Waals surface area contributed by atoms with Gasteiger partial charge in [0.05, 0.1) is 0 Å². The molecule has 2 heteroatoms. The molecule has 0 atom stereocenters. The second-order valence-corrected chi connectivity index (χ2v) is 4.85. The molecule has 0 aromatic heterocycles. The van der Waals surface area contributed by atoms with Gasteiger partial charge in [0.25, 0.3) is 0 Å². The van der Waals surface area contributed by atoms with Crippen LogP contribution in [0.1, 0.15) is 40.2 Å². The molecule has 2 aromatic rings. The molecule has 1 saturated carbocycles. The Morgan fingerprint density at radius 3 is 2.26 bits per heavy atom. The smallest absolute Gasteiger partial charge is 0.150 e. The number of rotatable bonds is 2. The number of phenols is 1. The van der Waals surface area contributed by atoms with Crippen molar-refractivity contribution in [2.75, 3.05) is 0 Å². The lowest BCUT2D eigenvalue weighted by atomic mass is 10.1. The van der Waals surface area contributed by atoms with Crippen LogP contribution in [-0.2, 0) is 0 Å². The van der Waals surface area contributed by atoms with Gasteiger partial charge in [0.1, 0.15) is 12.0 Å². The number of aromatic hydroxyl groups is 1. The largest absolute Gasteiger partial charge is 0.508 e. The third-order valence-electron chi connectivity index (χ3n) is 3.21. The van der Waals surface area contributed by atoms with Crippen LogP contribution in [0.2, 0.25) is 0 Å². The number of benzene rings is 2. The van der Waals surface area contributed by atoms with Gasteiger partial charge in [-0.2, -0.15) is 0 Å². The van der Waals surface area contributed by atoms with Crippen LogP contribution in [0.5, 0.6) is 5.75 Å². The van der Waals surface area contributed by atoms with Crippen LogP contribution in [0, 0.1) is 6.92 Å². The maximum absolute atomic E-state index is 10.0. The van der Waals surface area contributed by atoms with Crippen LogP contribution in [0.4, 0.5) is 0 Å². The average Bonchev–Trinajstić information content (AvgIpc) is 3.28. The standard InChI is InChI=1S/C10H12O.C7H6O/c1-7-6-9(8-2-3-8)4-5-10(7)11;8-6-7-4-2-1-3-5-7/h4-6,8,11H,2-3H2,1H3;1-6H. The zero-order valence-electron chi connectivity index (χ0n) is 11.0. The first-order valence-corrected chi connectivity index (χ1v) is 6.50. The summed E-state index contributed by atoms with van der Waals surface area (Å²) < 4.78 is 0. The maximum Gasteiger partial charge on any atom is 0.150 e. The molecule has 19 heavy (non-hydrogen) atoms. The van der Waals surface area contributed by atoms with Crippen molar-refractivity contribution in [3.63, 3.8) is 0 Å². The number of carbonyl (C=O) groups is 1. The molecule has 2 aromatic carbocycles. The van der Waals surface area contributed by atoms with E-state index in [-0.39, 0.29) is 0 Å². The Bertz CT molecular complexity index is 542. The lowest BCUT2D eigenvalue weighted by Crippen LogP contribution is -1.80. The Morgan fingerprint density at radius 1 is 1.11 bits per heavy atom. The first-order valence-electron chi connectivity index (χ1n) is 6.50. The summed E-state index contributed by atoms with van der Waals surface area (Å²) in [4.78, 5) is 10.0. The van der Waals surface area contributed by atoms with Crippen molar-refractivity contribution in [3.05, 3.63) is 65.2 Å². The molecule has 2 nitrogen and oxygen atoms in total. The topological polar surface area (TPSA) is 37.3 Å². The molecule has 0 bridgehead atoms. The highest BCUT2D eigenvalue weighted by Crippen LogP contribution is 2.40.